The van der Waals surface area contributed by atoms with Crippen LogP contribution >= 0.6 is 0 Å². The van der Waals surface area contributed by atoms with Gasteiger partial charge >= 0.3 is 17.7 Å². The highest BCUT2D eigenvalue weighted by Crippen LogP contribution is 2.60. The van der Waals surface area contributed by atoms with E-state index in [1.54, 1.807) is 67.6 Å². The lowest BCUT2D eigenvalue weighted by molar-refractivity contribution is -0.221. The van der Waals surface area contributed by atoms with Crippen LogP contribution in [-0.2, 0) is 28.7 Å². The number of piperidine rings is 1. The van der Waals surface area contributed by atoms with Crippen molar-refractivity contribution in [3.63, 3.8) is 0 Å². The zero-order valence-corrected chi connectivity index (χ0v) is 16.3. The van der Waals surface area contributed by atoms with Crippen molar-refractivity contribution in [1.29, 1.82) is 0 Å². The maximum absolute atomic E-state index is 13.5. The maximum atomic E-state index is 13.5. The standard InChI is InChI=1S/C22H18N2O6/c1-13(25)29-22-17-16(18(26)23(19(17)27)14-9-5-3-6-10-14)21(2,30-22)24(20(22)28)15-11-7-4-8-12-15/h3-12,16-17H,1-2H3. The molecule has 4 unspecified atom stereocenters. The molecule has 2 aromatic carbocycles. The summed E-state index contributed by atoms with van der Waals surface area (Å²) in [6, 6.07) is 17.1. The molecule has 3 aliphatic rings. The zero-order valence-electron chi connectivity index (χ0n) is 16.3. The van der Waals surface area contributed by atoms with Crippen LogP contribution in [0.2, 0.25) is 0 Å². The average Bonchev–Trinajstić information content (AvgIpc) is 3.23. The Morgan fingerprint density at radius 3 is 2.00 bits per heavy atom. The molecule has 30 heavy (non-hydrogen) atoms. The van der Waals surface area contributed by atoms with Gasteiger partial charge in [-0.3, -0.25) is 24.1 Å². The van der Waals surface area contributed by atoms with E-state index in [1.165, 1.54) is 4.90 Å². The van der Waals surface area contributed by atoms with Crippen LogP contribution in [0.15, 0.2) is 60.7 Å². The van der Waals surface area contributed by atoms with Crippen LogP contribution in [0, 0.1) is 11.8 Å². The summed E-state index contributed by atoms with van der Waals surface area (Å²) in [5.41, 5.74) is -0.619. The Kier molecular flexibility index (Phi) is 3.70. The highest BCUT2D eigenvalue weighted by molar-refractivity contribution is 6.26. The molecule has 0 aliphatic carbocycles. The van der Waals surface area contributed by atoms with Crippen LogP contribution in [0.1, 0.15) is 13.8 Å². The number of rotatable bonds is 3. The maximum Gasteiger partial charge on any atom is 0.309 e. The summed E-state index contributed by atoms with van der Waals surface area (Å²) in [4.78, 5) is 54.6. The Hall–Kier alpha value is -3.52. The fraction of sp³-hybridized carbons (Fsp3) is 0.273. The van der Waals surface area contributed by atoms with E-state index in [4.69, 9.17) is 9.47 Å². The van der Waals surface area contributed by atoms with E-state index in [1.807, 2.05) is 0 Å². The first kappa shape index (κ1) is 18.5. The van der Waals surface area contributed by atoms with Crippen molar-refractivity contribution < 1.29 is 28.7 Å². The third-order valence-electron chi connectivity index (χ3n) is 5.92. The molecule has 0 radical (unpaired) electrons. The van der Waals surface area contributed by atoms with E-state index in [0.717, 1.165) is 11.8 Å². The molecule has 3 heterocycles. The summed E-state index contributed by atoms with van der Waals surface area (Å²) in [7, 11) is 0. The van der Waals surface area contributed by atoms with Crippen LogP contribution in [-0.4, -0.2) is 35.2 Å². The lowest BCUT2D eigenvalue weighted by atomic mass is 9.79. The molecular formula is C22H18N2O6. The molecule has 3 amide bonds. The molecule has 0 N–H and O–H groups in total. The molecule has 3 saturated heterocycles. The van der Waals surface area contributed by atoms with Gasteiger partial charge in [-0.15, -0.1) is 0 Å². The third-order valence-corrected chi connectivity index (χ3v) is 5.92. The van der Waals surface area contributed by atoms with Gasteiger partial charge in [-0.2, -0.15) is 0 Å². The number of hydrogen-bond donors (Lipinski definition) is 0. The van der Waals surface area contributed by atoms with E-state index in [9.17, 15) is 19.2 Å². The molecule has 8 heteroatoms. The van der Waals surface area contributed by atoms with Gasteiger partial charge in [-0.25, -0.2) is 4.90 Å². The van der Waals surface area contributed by atoms with Gasteiger partial charge in [0, 0.05) is 12.6 Å². The number of carbonyl (C=O) groups is 4. The molecule has 4 atom stereocenters. The van der Waals surface area contributed by atoms with E-state index in [-0.39, 0.29) is 0 Å². The van der Waals surface area contributed by atoms with Crippen molar-refractivity contribution in [3.8, 4) is 0 Å². The minimum absolute atomic E-state index is 0.390. The van der Waals surface area contributed by atoms with Gasteiger partial charge in [-0.05, 0) is 31.2 Å². The summed E-state index contributed by atoms with van der Waals surface area (Å²) >= 11 is 0. The fourth-order valence-electron chi connectivity index (χ4n) is 4.87. The van der Waals surface area contributed by atoms with Crippen LogP contribution < -0.4 is 9.80 Å². The van der Waals surface area contributed by atoms with Gasteiger partial charge in [0.1, 0.15) is 11.8 Å². The average molecular weight is 406 g/mol. The number of benzene rings is 2. The molecule has 3 aliphatic heterocycles. The summed E-state index contributed by atoms with van der Waals surface area (Å²) in [5, 5.41) is 0. The monoisotopic (exact) mass is 406 g/mol. The second-order valence-corrected chi connectivity index (χ2v) is 7.70. The highest BCUT2D eigenvalue weighted by atomic mass is 16.8. The predicted molar refractivity (Wildman–Crippen MR) is 104 cm³/mol. The fourth-order valence-corrected chi connectivity index (χ4v) is 4.87. The van der Waals surface area contributed by atoms with Gasteiger partial charge in [0.25, 0.3) is 0 Å². The number of imide groups is 1. The SMILES string of the molecule is CC(=O)OC12OC(C)(C3C(=O)N(c4ccccc4)C(=O)C31)N(c1ccccc1)C2=O. The summed E-state index contributed by atoms with van der Waals surface area (Å²) in [6.45, 7) is 2.71. The van der Waals surface area contributed by atoms with Crippen molar-refractivity contribution in [3.05, 3.63) is 60.7 Å². The molecule has 0 spiro atoms. The lowest BCUT2D eigenvalue weighted by Gasteiger charge is -2.38. The summed E-state index contributed by atoms with van der Waals surface area (Å²) in [6.07, 6.45) is 0. The molecule has 0 aromatic heterocycles. The summed E-state index contributed by atoms with van der Waals surface area (Å²) < 4.78 is 11.4. The molecule has 5 rings (SSSR count). The Bertz CT molecular complexity index is 1090. The van der Waals surface area contributed by atoms with Crippen molar-refractivity contribution in [2.75, 3.05) is 9.80 Å². The van der Waals surface area contributed by atoms with Crippen molar-refractivity contribution in [2.45, 2.75) is 25.4 Å². The van der Waals surface area contributed by atoms with E-state index < -0.39 is 47.0 Å². The number of anilines is 2. The smallest absolute Gasteiger partial charge is 0.309 e. The molecule has 3 fully saturated rings. The highest BCUT2D eigenvalue weighted by Gasteiger charge is 2.83. The molecule has 2 aromatic rings. The van der Waals surface area contributed by atoms with Crippen LogP contribution in [0.3, 0.4) is 0 Å². The number of ether oxygens (including phenoxy) is 2. The second-order valence-electron chi connectivity index (χ2n) is 7.70. The normalized spacial score (nSPS) is 32.0. The van der Waals surface area contributed by atoms with Crippen molar-refractivity contribution in [2.24, 2.45) is 11.8 Å². The molecule has 8 nitrogen and oxygen atoms in total. The van der Waals surface area contributed by atoms with Gasteiger partial charge in [0.05, 0.1) is 5.69 Å². The lowest BCUT2D eigenvalue weighted by Crippen LogP contribution is -2.60. The number of hydrogen-bond acceptors (Lipinski definition) is 6. The van der Waals surface area contributed by atoms with E-state index in [0.29, 0.717) is 11.4 Å². The first-order valence-electron chi connectivity index (χ1n) is 9.53. The van der Waals surface area contributed by atoms with E-state index in [2.05, 4.69) is 0 Å². The van der Waals surface area contributed by atoms with Crippen LogP contribution in [0.4, 0.5) is 11.4 Å². The third kappa shape index (κ3) is 2.14. The Morgan fingerprint density at radius 2 is 1.43 bits per heavy atom. The van der Waals surface area contributed by atoms with Gasteiger partial charge < -0.3 is 9.47 Å². The molecule has 152 valence electrons. The van der Waals surface area contributed by atoms with Gasteiger partial charge in [0.15, 0.2) is 5.72 Å². The predicted octanol–water partition coefficient (Wildman–Crippen LogP) is 1.84. The Balaban J connectivity index is 1.69. The molecule has 2 bridgehead atoms. The topological polar surface area (TPSA) is 93.2 Å². The minimum atomic E-state index is -2.18. The van der Waals surface area contributed by atoms with Crippen molar-refractivity contribution >= 4 is 35.1 Å². The quantitative estimate of drug-likeness (QED) is 0.571. The zero-order chi connectivity index (χ0) is 21.3. The minimum Gasteiger partial charge on any atom is -0.422 e. The number of nitrogens with zero attached hydrogens (tertiary/aromatic N) is 2. The van der Waals surface area contributed by atoms with Gasteiger partial charge in [-0.1, -0.05) is 36.4 Å². The first-order valence-corrected chi connectivity index (χ1v) is 9.53. The Morgan fingerprint density at radius 1 is 0.900 bits per heavy atom. The largest absolute Gasteiger partial charge is 0.422 e. The summed E-state index contributed by atoms with van der Waals surface area (Å²) in [5.74, 6) is -7.04. The number of fused-ring (bicyclic) bond motifs is 5. The van der Waals surface area contributed by atoms with Crippen molar-refractivity contribution in [1.82, 2.24) is 0 Å². The number of amides is 3. The second kappa shape index (κ2) is 5.99. The van der Waals surface area contributed by atoms with Gasteiger partial charge in [0.2, 0.25) is 11.8 Å². The Labute approximate surface area is 172 Å². The molecular weight excluding hydrogens is 388 g/mol. The van der Waals surface area contributed by atoms with Crippen LogP contribution in [0.25, 0.3) is 0 Å². The van der Waals surface area contributed by atoms with Crippen LogP contribution in [0.5, 0.6) is 0 Å². The molecule has 0 saturated carbocycles. The number of para-hydroxylation sites is 2. The number of esters is 1. The number of carbonyl (C=O) groups excluding carboxylic acids is 4. The van der Waals surface area contributed by atoms with E-state index >= 15 is 0 Å². The first-order chi connectivity index (χ1) is 14.3.